The Morgan fingerprint density at radius 2 is 1.76 bits per heavy atom. The lowest BCUT2D eigenvalue weighted by Gasteiger charge is -2.29. The molecule has 0 aliphatic rings. The number of rotatable bonds is 5. The van der Waals surface area contributed by atoms with Gasteiger partial charge in [0, 0.05) is 22.2 Å². The first-order valence-electron chi connectivity index (χ1n) is 9.86. The van der Waals surface area contributed by atoms with Gasteiger partial charge in [0.25, 0.3) is 5.56 Å². The monoisotopic (exact) mass is 392 g/mol. The van der Waals surface area contributed by atoms with Gasteiger partial charge in [0.15, 0.2) is 0 Å². The summed E-state index contributed by atoms with van der Waals surface area (Å²) in [5, 5.41) is 0.944. The van der Waals surface area contributed by atoms with Crippen molar-refractivity contribution < 1.29 is 9.53 Å². The maximum atomic E-state index is 13.2. The molecule has 5 heteroatoms. The lowest BCUT2D eigenvalue weighted by molar-refractivity contribution is -0.125. The first-order chi connectivity index (χ1) is 13.7. The van der Waals surface area contributed by atoms with E-state index in [9.17, 15) is 9.59 Å². The zero-order chi connectivity index (χ0) is 21.2. The zero-order valence-corrected chi connectivity index (χ0v) is 17.7. The molecule has 1 N–H and O–H groups in total. The molecule has 2 aromatic carbocycles. The molecule has 0 saturated heterocycles. The van der Waals surface area contributed by atoms with E-state index in [1.54, 1.807) is 4.90 Å². The highest BCUT2D eigenvalue weighted by atomic mass is 16.5. The van der Waals surface area contributed by atoms with E-state index >= 15 is 0 Å². The Labute approximate surface area is 171 Å². The van der Waals surface area contributed by atoms with Crippen LogP contribution in [-0.2, 0) is 11.3 Å². The van der Waals surface area contributed by atoms with E-state index in [4.69, 9.17) is 4.74 Å². The number of aryl methyl sites for hydroxylation is 1. The summed E-state index contributed by atoms with van der Waals surface area (Å²) >= 11 is 0. The maximum absolute atomic E-state index is 13.2. The molecule has 0 atom stereocenters. The van der Waals surface area contributed by atoms with Crippen LogP contribution in [0.15, 0.2) is 53.3 Å². The van der Waals surface area contributed by atoms with Gasteiger partial charge in [-0.05, 0) is 61.2 Å². The normalized spacial score (nSPS) is 11.5. The molecule has 5 nitrogen and oxygen atoms in total. The van der Waals surface area contributed by atoms with Crippen LogP contribution < -0.4 is 15.2 Å². The lowest BCUT2D eigenvalue weighted by atomic mass is 9.94. The molecule has 0 radical (unpaired) electrons. The molecule has 1 amide bonds. The number of carbonyl (C=O) groups is 1. The van der Waals surface area contributed by atoms with E-state index in [0.29, 0.717) is 12.2 Å². The molecule has 0 aliphatic carbocycles. The number of nitrogens with one attached hydrogen (secondary N) is 1. The Morgan fingerprint density at radius 1 is 1.07 bits per heavy atom. The molecule has 3 aromatic rings. The molecule has 29 heavy (non-hydrogen) atoms. The minimum absolute atomic E-state index is 0.0509. The quantitative estimate of drug-likeness (QED) is 0.677. The maximum Gasteiger partial charge on any atom is 0.253 e. The van der Waals surface area contributed by atoms with E-state index in [0.717, 1.165) is 27.9 Å². The van der Waals surface area contributed by atoms with Gasteiger partial charge in [-0.1, -0.05) is 32.9 Å². The van der Waals surface area contributed by atoms with Crippen molar-refractivity contribution in [2.75, 3.05) is 11.5 Å². The number of aromatic nitrogens is 1. The summed E-state index contributed by atoms with van der Waals surface area (Å²) < 4.78 is 5.51. The van der Waals surface area contributed by atoms with Crippen molar-refractivity contribution in [3.63, 3.8) is 0 Å². The van der Waals surface area contributed by atoms with Crippen LogP contribution in [-0.4, -0.2) is 17.5 Å². The molecular weight excluding hydrogens is 364 g/mol. The fourth-order valence-corrected chi connectivity index (χ4v) is 3.22. The number of aromatic amines is 1. The van der Waals surface area contributed by atoms with Gasteiger partial charge >= 0.3 is 0 Å². The Balaban J connectivity index is 2.02. The van der Waals surface area contributed by atoms with Crippen LogP contribution in [0.1, 0.15) is 38.8 Å². The second-order valence-corrected chi connectivity index (χ2v) is 8.28. The highest BCUT2D eigenvalue weighted by molar-refractivity contribution is 5.97. The van der Waals surface area contributed by atoms with Crippen LogP contribution in [0.5, 0.6) is 5.75 Å². The van der Waals surface area contributed by atoms with Crippen molar-refractivity contribution in [3.8, 4) is 5.75 Å². The molecule has 0 unspecified atom stereocenters. The Kier molecular flexibility index (Phi) is 5.78. The molecule has 0 saturated carbocycles. The number of hydrogen-bond donors (Lipinski definition) is 1. The number of carbonyl (C=O) groups excluding carboxylic acids is 1. The van der Waals surface area contributed by atoms with Gasteiger partial charge in [-0.15, -0.1) is 0 Å². The van der Waals surface area contributed by atoms with Crippen molar-refractivity contribution in [1.82, 2.24) is 4.98 Å². The average molecular weight is 392 g/mol. The van der Waals surface area contributed by atoms with Crippen molar-refractivity contribution in [2.24, 2.45) is 5.41 Å². The number of amides is 1. The van der Waals surface area contributed by atoms with Crippen LogP contribution in [0, 0.1) is 12.3 Å². The van der Waals surface area contributed by atoms with Crippen LogP contribution >= 0.6 is 0 Å². The smallest absolute Gasteiger partial charge is 0.253 e. The van der Waals surface area contributed by atoms with Gasteiger partial charge in [0.2, 0.25) is 5.91 Å². The number of H-pyrrole nitrogens is 1. The SMILES string of the molecule is CCOc1ccc(N(Cc2cc3ccc(C)cc3[nH]c2=O)C(=O)C(C)(C)C)cc1. The van der Waals surface area contributed by atoms with Crippen LogP contribution in [0.3, 0.4) is 0 Å². The number of ether oxygens (including phenoxy) is 1. The second kappa shape index (κ2) is 8.11. The van der Waals surface area contributed by atoms with Crippen LogP contribution in [0.2, 0.25) is 0 Å². The summed E-state index contributed by atoms with van der Waals surface area (Å²) in [6.45, 7) is 10.3. The first-order valence-corrected chi connectivity index (χ1v) is 9.86. The van der Waals surface area contributed by atoms with Crippen molar-refractivity contribution in [3.05, 3.63) is 70.0 Å². The Morgan fingerprint density at radius 3 is 2.38 bits per heavy atom. The third-order valence-corrected chi connectivity index (χ3v) is 4.75. The Bertz CT molecular complexity index is 1080. The minimum atomic E-state index is -0.584. The predicted octanol–water partition coefficient (Wildman–Crippen LogP) is 4.81. The molecule has 0 fully saturated rings. The van der Waals surface area contributed by atoms with Gasteiger partial charge in [-0.3, -0.25) is 9.59 Å². The van der Waals surface area contributed by atoms with Gasteiger partial charge < -0.3 is 14.6 Å². The number of anilines is 1. The van der Waals surface area contributed by atoms with E-state index in [1.165, 1.54) is 0 Å². The molecule has 3 rings (SSSR count). The molecule has 0 aliphatic heterocycles. The third-order valence-electron chi connectivity index (χ3n) is 4.75. The van der Waals surface area contributed by atoms with Crippen LogP contribution in [0.4, 0.5) is 5.69 Å². The van der Waals surface area contributed by atoms with Gasteiger partial charge in [0.05, 0.1) is 13.2 Å². The minimum Gasteiger partial charge on any atom is -0.494 e. The average Bonchev–Trinajstić information content (AvgIpc) is 2.66. The van der Waals surface area contributed by atoms with Gasteiger partial charge in [0.1, 0.15) is 5.75 Å². The number of benzene rings is 2. The first kappa shape index (κ1) is 20.6. The van der Waals surface area contributed by atoms with Crippen molar-refractivity contribution >= 4 is 22.5 Å². The molecule has 1 heterocycles. The van der Waals surface area contributed by atoms with Crippen molar-refractivity contribution in [1.29, 1.82) is 0 Å². The topological polar surface area (TPSA) is 62.4 Å². The van der Waals surface area contributed by atoms with E-state index in [2.05, 4.69) is 4.98 Å². The summed E-state index contributed by atoms with van der Waals surface area (Å²) in [5.41, 5.74) is 2.40. The van der Waals surface area contributed by atoms with E-state index in [-0.39, 0.29) is 18.0 Å². The summed E-state index contributed by atoms with van der Waals surface area (Å²) in [6.07, 6.45) is 0. The summed E-state index contributed by atoms with van der Waals surface area (Å²) in [7, 11) is 0. The molecular formula is C24H28N2O3. The number of hydrogen-bond acceptors (Lipinski definition) is 3. The van der Waals surface area contributed by atoms with Crippen LogP contribution in [0.25, 0.3) is 10.9 Å². The third kappa shape index (κ3) is 4.67. The van der Waals surface area contributed by atoms with Crippen molar-refractivity contribution in [2.45, 2.75) is 41.2 Å². The summed E-state index contributed by atoms with van der Waals surface area (Å²) in [6, 6.07) is 15.2. The lowest BCUT2D eigenvalue weighted by Crippen LogP contribution is -2.40. The summed E-state index contributed by atoms with van der Waals surface area (Å²) in [4.78, 5) is 30.5. The largest absolute Gasteiger partial charge is 0.494 e. The fraction of sp³-hybridized carbons (Fsp3) is 0.333. The number of pyridine rings is 1. The number of nitrogens with zero attached hydrogens (tertiary/aromatic N) is 1. The second-order valence-electron chi connectivity index (χ2n) is 8.28. The molecule has 152 valence electrons. The van der Waals surface area contributed by atoms with E-state index in [1.807, 2.05) is 83.1 Å². The molecule has 0 spiro atoms. The number of fused-ring (bicyclic) bond motifs is 1. The fourth-order valence-electron chi connectivity index (χ4n) is 3.22. The highest BCUT2D eigenvalue weighted by Gasteiger charge is 2.29. The highest BCUT2D eigenvalue weighted by Crippen LogP contribution is 2.27. The zero-order valence-electron chi connectivity index (χ0n) is 17.7. The molecule has 1 aromatic heterocycles. The summed E-state index contributed by atoms with van der Waals surface area (Å²) in [5.74, 6) is 0.698. The van der Waals surface area contributed by atoms with E-state index < -0.39 is 5.41 Å². The Hall–Kier alpha value is -3.08. The van der Waals surface area contributed by atoms with Gasteiger partial charge in [-0.25, -0.2) is 0 Å². The van der Waals surface area contributed by atoms with Gasteiger partial charge in [-0.2, -0.15) is 0 Å². The molecule has 0 bridgehead atoms. The standard InChI is InChI=1S/C24H28N2O3/c1-6-29-20-11-9-19(10-12-20)26(23(28)24(3,4)5)15-18-14-17-8-7-16(2)13-21(17)25-22(18)27/h7-14H,6,15H2,1-5H3,(H,25,27). The predicted molar refractivity (Wildman–Crippen MR) is 118 cm³/mol.